The maximum atomic E-state index is 12.8. The number of fused-ring (bicyclic) bond motifs is 2. The number of β-amino-alcohol motifs (C(OH)–C–C–N with tert-alkyl or cyclic N) is 1. The molecule has 0 radical (unpaired) electrons. The van der Waals surface area contributed by atoms with Crippen molar-refractivity contribution in [2.24, 2.45) is 0 Å². The van der Waals surface area contributed by atoms with E-state index in [0.29, 0.717) is 6.04 Å². The lowest BCUT2D eigenvalue weighted by atomic mass is 9.83. The highest BCUT2D eigenvalue weighted by Gasteiger charge is 2.57. The van der Waals surface area contributed by atoms with E-state index >= 15 is 0 Å². The summed E-state index contributed by atoms with van der Waals surface area (Å²) < 4.78 is 0. The first-order valence-corrected chi connectivity index (χ1v) is 10.2. The number of aliphatic hydroxyl groups excluding tert-OH is 1. The molecule has 5 heteroatoms. The van der Waals surface area contributed by atoms with Crippen LogP contribution in [0.1, 0.15) is 22.3 Å². The van der Waals surface area contributed by atoms with Gasteiger partial charge in [0.1, 0.15) is 0 Å². The fourth-order valence-electron chi connectivity index (χ4n) is 5.33. The minimum Gasteiger partial charge on any atom is -0.392 e. The van der Waals surface area contributed by atoms with E-state index in [1.807, 2.05) is 35.2 Å². The highest BCUT2D eigenvalue weighted by Crippen LogP contribution is 2.39. The second-order valence-corrected chi connectivity index (χ2v) is 8.60. The Labute approximate surface area is 166 Å². The van der Waals surface area contributed by atoms with Gasteiger partial charge in [0.15, 0.2) is 0 Å². The van der Waals surface area contributed by atoms with Crippen LogP contribution in [-0.2, 0) is 6.54 Å². The van der Waals surface area contributed by atoms with Crippen LogP contribution in [0.4, 0.5) is 0 Å². The topological polar surface area (TPSA) is 47.0 Å². The Bertz CT molecular complexity index is 835. The van der Waals surface area contributed by atoms with Gasteiger partial charge in [-0.3, -0.25) is 14.6 Å². The molecule has 3 heterocycles. The van der Waals surface area contributed by atoms with Crippen LogP contribution in [0.15, 0.2) is 60.7 Å². The number of likely N-dealkylation sites (tertiary alicyclic amines) is 1. The van der Waals surface area contributed by atoms with Crippen LogP contribution in [0.5, 0.6) is 0 Å². The smallest absolute Gasteiger partial charge is 0.253 e. The van der Waals surface area contributed by atoms with Crippen LogP contribution in [0, 0.1) is 0 Å². The Morgan fingerprint density at radius 2 is 1.64 bits per heavy atom. The van der Waals surface area contributed by atoms with Crippen LogP contribution in [0.25, 0.3) is 0 Å². The summed E-state index contributed by atoms with van der Waals surface area (Å²) in [7, 11) is 0. The monoisotopic (exact) mass is 377 g/mol. The third-order valence-electron chi connectivity index (χ3n) is 6.52. The number of hydrogen-bond acceptors (Lipinski definition) is 4. The van der Waals surface area contributed by atoms with Gasteiger partial charge < -0.3 is 10.0 Å². The highest BCUT2D eigenvalue weighted by molar-refractivity contribution is 5.95. The molecule has 1 amide bonds. The summed E-state index contributed by atoms with van der Waals surface area (Å²) in [5.74, 6) is 0.114. The Hall–Kier alpha value is -2.21. The molecule has 3 aliphatic heterocycles. The second-order valence-electron chi connectivity index (χ2n) is 8.60. The van der Waals surface area contributed by atoms with Crippen molar-refractivity contribution in [2.75, 3.05) is 32.7 Å². The van der Waals surface area contributed by atoms with Crippen molar-refractivity contribution < 1.29 is 9.90 Å². The molecule has 146 valence electrons. The summed E-state index contributed by atoms with van der Waals surface area (Å²) in [6.07, 6.45) is 0.581. The summed E-state index contributed by atoms with van der Waals surface area (Å²) >= 11 is 0. The van der Waals surface area contributed by atoms with E-state index in [0.717, 1.165) is 51.3 Å². The van der Waals surface area contributed by atoms with E-state index in [9.17, 15) is 9.90 Å². The fraction of sp³-hybridized carbons (Fsp3) is 0.435. The van der Waals surface area contributed by atoms with Gasteiger partial charge in [-0.15, -0.1) is 0 Å². The lowest BCUT2D eigenvalue weighted by molar-refractivity contribution is -0.102. The van der Waals surface area contributed by atoms with Crippen molar-refractivity contribution in [1.29, 1.82) is 0 Å². The lowest BCUT2D eigenvalue weighted by Crippen LogP contribution is -2.78. The molecule has 0 aromatic heterocycles. The first-order chi connectivity index (χ1) is 13.6. The molecule has 0 aliphatic carbocycles. The molecule has 5 nitrogen and oxygen atoms in total. The molecule has 2 unspecified atom stereocenters. The number of hydrogen-bond donors (Lipinski definition) is 1. The van der Waals surface area contributed by atoms with Crippen molar-refractivity contribution in [3.05, 3.63) is 71.8 Å². The van der Waals surface area contributed by atoms with E-state index < -0.39 is 0 Å². The minimum absolute atomic E-state index is 0.0282. The van der Waals surface area contributed by atoms with Gasteiger partial charge in [-0.1, -0.05) is 48.5 Å². The lowest BCUT2D eigenvalue weighted by Gasteiger charge is -2.61. The Morgan fingerprint density at radius 1 is 0.964 bits per heavy atom. The Balaban J connectivity index is 1.33. The van der Waals surface area contributed by atoms with Crippen molar-refractivity contribution >= 4 is 5.91 Å². The van der Waals surface area contributed by atoms with E-state index in [2.05, 4.69) is 40.1 Å². The summed E-state index contributed by atoms with van der Waals surface area (Å²) in [6, 6.07) is 20.5. The minimum atomic E-state index is -0.252. The van der Waals surface area contributed by atoms with Crippen LogP contribution in [0.2, 0.25) is 0 Å². The zero-order valence-corrected chi connectivity index (χ0v) is 16.1. The maximum Gasteiger partial charge on any atom is 0.253 e. The van der Waals surface area contributed by atoms with Gasteiger partial charge in [0.25, 0.3) is 5.91 Å². The van der Waals surface area contributed by atoms with Crippen molar-refractivity contribution in [3.8, 4) is 0 Å². The zero-order chi connectivity index (χ0) is 19.1. The molecule has 2 atom stereocenters. The van der Waals surface area contributed by atoms with E-state index in [4.69, 9.17) is 0 Å². The fourth-order valence-corrected chi connectivity index (χ4v) is 5.33. The number of carbonyl (C=O) groups is 1. The average Bonchev–Trinajstić information content (AvgIpc) is 3.07. The highest BCUT2D eigenvalue weighted by atomic mass is 16.3. The number of benzene rings is 2. The van der Waals surface area contributed by atoms with Crippen LogP contribution >= 0.6 is 0 Å². The molecular weight excluding hydrogens is 350 g/mol. The molecule has 5 rings (SSSR count). The van der Waals surface area contributed by atoms with Crippen molar-refractivity contribution in [3.63, 3.8) is 0 Å². The van der Waals surface area contributed by atoms with Crippen LogP contribution < -0.4 is 0 Å². The zero-order valence-electron chi connectivity index (χ0n) is 16.1. The van der Waals surface area contributed by atoms with E-state index in [1.165, 1.54) is 5.56 Å². The van der Waals surface area contributed by atoms with Gasteiger partial charge in [0.05, 0.1) is 11.6 Å². The van der Waals surface area contributed by atoms with Gasteiger partial charge in [-0.2, -0.15) is 0 Å². The summed E-state index contributed by atoms with van der Waals surface area (Å²) in [4.78, 5) is 19.8. The molecular formula is C23H27N3O2. The number of amides is 1. The predicted molar refractivity (Wildman–Crippen MR) is 108 cm³/mol. The SMILES string of the molecule is O=C(c1ccccc1)N1CC2(CN(Cc3ccccc3)CC3CC(O)CN32)C1. The normalized spacial score (nSPS) is 26.8. The molecule has 3 aliphatic rings. The average molecular weight is 377 g/mol. The van der Waals surface area contributed by atoms with Gasteiger partial charge in [0, 0.05) is 50.9 Å². The predicted octanol–water partition coefficient (Wildman–Crippen LogP) is 1.83. The van der Waals surface area contributed by atoms with Crippen LogP contribution in [-0.4, -0.2) is 76.1 Å². The third-order valence-corrected chi connectivity index (χ3v) is 6.52. The molecule has 2 aromatic carbocycles. The quantitative estimate of drug-likeness (QED) is 0.887. The molecule has 3 saturated heterocycles. The summed E-state index contributed by atoms with van der Waals surface area (Å²) in [6.45, 7) is 5.08. The number of piperazine rings is 1. The van der Waals surface area contributed by atoms with Crippen molar-refractivity contribution in [1.82, 2.24) is 14.7 Å². The Kier molecular flexibility index (Phi) is 4.46. The van der Waals surface area contributed by atoms with Gasteiger partial charge >= 0.3 is 0 Å². The Morgan fingerprint density at radius 3 is 2.36 bits per heavy atom. The first kappa shape index (κ1) is 17.9. The molecule has 2 aromatic rings. The largest absolute Gasteiger partial charge is 0.392 e. The molecule has 1 spiro atoms. The number of carbonyl (C=O) groups excluding carboxylic acids is 1. The molecule has 3 fully saturated rings. The van der Waals surface area contributed by atoms with Crippen molar-refractivity contribution in [2.45, 2.75) is 30.7 Å². The molecule has 1 N–H and O–H groups in total. The van der Waals surface area contributed by atoms with E-state index in [1.54, 1.807) is 0 Å². The van der Waals surface area contributed by atoms with E-state index in [-0.39, 0.29) is 17.6 Å². The molecule has 0 saturated carbocycles. The molecule has 0 bridgehead atoms. The van der Waals surface area contributed by atoms with Gasteiger partial charge in [-0.05, 0) is 24.1 Å². The van der Waals surface area contributed by atoms with Gasteiger partial charge in [-0.25, -0.2) is 0 Å². The number of rotatable bonds is 3. The molecule has 28 heavy (non-hydrogen) atoms. The van der Waals surface area contributed by atoms with Crippen LogP contribution in [0.3, 0.4) is 0 Å². The number of nitrogens with zero attached hydrogens (tertiary/aromatic N) is 3. The first-order valence-electron chi connectivity index (χ1n) is 10.2. The number of aliphatic hydroxyl groups is 1. The third kappa shape index (κ3) is 3.13. The standard InChI is InChI=1S/C23H27N3O2/c27-21-11-20-13-24(12-18-7-3-1-4-8-18)15-23(26(20)14-21)16-25(17-23)22(28)19-9-5-2-6-10-19/h1-10,20-21,27H,11-17H2. The van der Waals surface area contributed by atoms with Gasteiger partial charge in [0.2, 0.25) is 0 Å². The maximum absolute atomic E-state index is 12.8. The second kappa shape index (κ2) is 6.99. The summed E-state index contributed by atoms with van der Waals surface area (Å²) in [5, 5.41) is 10.3. The summed E-state index contributed by atoms with van der Waals surface area (Å²) in [5.41, 5.74) is 2.05.